The van der Waals surface area contributed by atoms with Gasteiger partial charge in [0.05, 0.1) is 5.56 Å². The first-order valence-corrected chi connectivity index (χ1v) is 7.99. The van der Waals surface area contributed by atoms with Gasteiger partial charge in [-0.1, -0.05) is 30.4 Å². The molecule has 0 unspecified atom stereocenters. The highest BCUT2D eigenvalue weighted by Gasteiger charge is 2.23. The molecule has 0 radical (unpaired) electrons. The number of H-pyrrole nitrogens is 1. The Morgan fingerprint density at radius 3 is 2.57 bits per heavy atom. The molecule has 0 aliphatic carbocycles. The van der Waals surface area contributed by atoms with Crippen molar-refractivity contribution in [3.8, 4) is 0 Å². The van der Waals surface area contributed by atoms with Crippen molar-refractivity contribution >= 4 is 18.1 Å². The minimum absolute atomic E-state index is 0.0441. The smallest absolute Gasteiger partial charge is 0.256 e. The molecule has 1 aromatic carbocycles. The van der Waals surface area contributed by atoms with Gasteiger partial charge < -0.3 is 9.88 Å². The SMILES string of the molecule is O=C(c1ccc[nH]c1=S)N1CCN(Cc2ccccc2F)CC1. The minimum atomic E-state index is -0.179. The molecule has 0 bridgehead atoms. The Balaban J connectivity index is 1.60. The number of hydrogen-bond donors (Lipinski definition) is 1. The average Bonchev–Trinajstić information content (AvgIpc) is 2.57. The highest BCUT2D eigenvalue weighted by Crippen LogP contribution is 2.14. The summed E-state index contributed by atoms with van der Waals surface area (Å²) in [5.41, 5.74) is 1.22. The zero-order valence-electron chi connectivity index (χ0n) is 12.7. The Hall–Kier alpha value is -2.05. The lowest BCUT2D eigenvalue weighted by Gasteiger charge is -2.34. The lowest BCUT2D eigenvalue weighted by molar-refractivity contribution is 0.0626. The summed E-state index contributed by atoms with van der Waals surface area (Å²) in [5.74, 6) is -0.223. The molecule has 1 N–H and O–H groups in total. The second-order valence-electron chi connectivity index (χ2n) is 5.57. The van der Waals surface area contributed by atoms with Crippen LogP contribution in [0, 0.1) is 10.5 Å². The quantitative estimate of drug-likeness (QED) is 0.879. The van der Waals surface area contributed by atoms with E-state index in [2.05, 4.69) is 9.88 Å². The van der Waals surface area contributed by atoms with Crippen LogP contribution in [0.25, 0.3) is 0 Å². The fraction of sp³-hybridized carbons (Fsp3) is 0.294. The molecular formula is C17H18FN3OS. The van der Waals surface area contributed by atoms with Crippen LogP contribution in [-0.2, 0) is 6.54 Å². The number of nitrogens with one attached hydrogen (secondary N) is 1. The van der Waals surface area contributed by atoms with Crippen LogP contribution < -0.4 is 0 Å². The molecule has 0 spiro atoms. The lowest BCUT2D eigenvalue weighted by atomic mass is 10.1. The molecule has 120 valence electrons. The van der Waals surface area contributed by atoms with E-state index in [0.29, 0.717) is 35.4 Å². The van der Waals surface area contributed by atoms with Gasteiger partial charge in [-0.2, -0.15) is 0 Å². The summed E-state index contributed by atoms with van der Waals surface area (Å²) in [6, 6.07) is 10.3. The standard InChI is InChI=1S/C17H18FN3OS/c18-15-6-2-1-4-13(15)12-20-8-10-21(11-9-20)17(22)14-5-3-7-19-16(14)23/h1-7H,8-12H2,(H,19,23). The fourth-order valence-corrected chi connectivity index (χ4v) is 2.96. The first kappa shape index (κ1) is 15.8. The molecule has 2 aromatic rings. The molecule has 1 aromatic heterocycles. The molecule has 6 heteroatoms. The molecule has 1 fully saturated rings. The summed E-state index contributed by atoms with van der Waals surface area (Å²) in [6.45, 7) is 3.26. The highest BCUT2D eigenvalue weighted by atomic mass is 32.1. The van der Waals surface area contributed by atoms with Gasteiger partial charge in [-0.3, -0.25) is 9.69 Å². The van der Waals surface area contributed by atoms with Crippen LogP contribution in [-0.4, -0.2) is 46.9 Å². The number of carbonyl (C=O) groups is 1. The molecule has 1 aliphatic rings. The number of halogens is 1. The van der Waals surface area contributed by atoms with Crippen molar-refractivity contribution in [3.63, 3.8) is 0 Å². The number of aromatic nitrogens is 1. The van der Waals surface area contributed by atoms with Crippen LogP contribution in [0.15, 0.2) is 42.6 Å². The van der Waals surface area contributed by atoms with Gasteiger partial charge in [0.2, 0.25) is 0 Å². The summed E-state index contributed by atoms with van der Waals surface area (Å²) >= 11 is 5.17. The molecule has 1 amide bonds. The third-order valence-electron chi connectivity index (χ3n) is 4.06. The highest BCUT2D eigenvalue weighted by molar-refractivity contribution is 7.71. The minimum Gasteiger partial charge on any atom is -0.352 e. The maximum Gasteiger partial charge on any atom is 0.256 e. The van der Waals surface area contributed by atoms with Crippen LogP contribution in [0.4, 0.5) is 4.39 Å². The Bertz CT molecular complexity index is 753. The van der Waals surface area contributed by atoms with E-state index >= 15 is 0 Å². The topological polar surface area (TPSA) is 39.3 Å². The van der Waals surface area contributed by atoms with Crippen molar-refractivity contribution in [2.24, 2.45) is 0 Å². The largest absolute Gasteiger partial charge is 0.352 e. The van der Waals surface area contributed by atoms with Crippen LogP contribution in [0.1, 0.15) is 15.9 Å². The number of amides is 1. The zero-order chi connectivity index (χ0) is 16.2. The molecule has 23 heavy (non-hydrogen) atoms. The maximum absolute atomic E-state index is 13.7. The molecule has 1 saturated heterocycles. The summed E-state index contributed by atoms with van der Waals surface area (Å²) in [5, 5.41) is 0. The number of aromatic amines is 1. The van der Waals surface area contributed by atoms with Gasteiger partial charge in [-0.25, -0.2) is 4.39 Å². The summed E-state index contributed by atoms with van der Waals surface area (Å²) < 4.78 is 14.2. The van der Waals surface area contributed by atoms with Gasteiger partial charge in [0.25, 0.3) is 5.91 Å². The van der Waals surface area contributed by atoms with E-state index < -0.39 is 0 Å². The Morgan fingerprint density at radius 2 is 1.87 bits per heavy atom. The predicted molar refractivity (Wildman–Crippen MR) is 89.2 cm³/mol. The van der Waals surface area contributed by atoms with Gasteiger partial charge in [0, 0.05) is 44.5 Å². The number of carbonyl (C=O) groups excluding carboxylic acids is 1. The van der Waals surface area contributed by atoms with E-state index in [9.17, 15) is 9.18 Å². The molecular weight excluding hydrogens is 313 g/mol. The molecule has 1 aliphatic heterocycles. The number of pyridine rings is 1. The first-order valence-electron chi connectivity index (χ1n) is 7.58. The molecule has 4 nitrogen and oxygen atoms in total. The third kappa shape index (κ3) is 3.65. The van der Waals surface area contributed by atoms with E-state index in [0.717, 1.165) is 13.1 Å². The van der Waals surface area contributed by atoms with Crippen LogP contribution in [0.3, 0.4) is 0 Å². The summed E-state index contributed by atoms with van der Waals surface area (Å²) in [7, 11) is 0. The monoisotopic (exact) mass is 331 g/mol. The van der Waals surface area contributed by atoms with Crippen LogP contribution in [0.5, 0.6) is 0 Å². The van der Waals surface area contributed by atoms with Gasteiger partial charge in [-0.15, -0.1) is 0 Å². The number of hydrogen-bond acceptors (Lipinski definition) is 3. The second kappa shape index (κ2) is 7.02. The maximum atomic E-state index is 13.7. The van der Waals surface area contributed by atoms with E-state index in [1.165, 1.54) is 6.07 Å². The van der Waals surface area contributed by atoms with Gasteiger partial charge in [-0.05, 0) is 18.2 Å². The Kier molecular flexibility index (Phi) is 4.83. The number of rotatable bonds is 3. The third-order valence-corrected chi connectivity index (χ3v) is 4.40. The van der Waals surface area contributed by atoms with E-state index in [1.807, 2.05) is 6.07 Å². The Morgan fingerprint density at radius 1 is 1.13 bits per heavy atom. The van der Waals surface area contributed by atoms with Gasteiger partial charge in [0.15, 0.2) is 0 Å². The first-order chi connectivity index (χ1) is 11.1. The van der Waals surface area contributed by atoms with E-state index in [4.69, 9.17) is 12.2 Å². The molecule has 0 atom stereocenters. The number of nitrogens with zero attached hydrogens (tertiary/aromatic N) is 2. The van der Waals surface area contributed by atoms with Gasteiger partial charge in [0.1, 0.15) is 10.5 Å². The number of piperazine rings is 1. The normalized spacial score (nSPS) is 15.6. The molecule has 3 rings (SSSR count). The summed E-state index contributed by atoms with van der Waals surface area (Å²) in [6.07, 6.45) is 1.71. The zero-order valence-corrected chi connectivity index (χ0v) is 13.5. The van der Waals surface area contributed by atoms with E-state index in [-0.39, 0.29) is 11.7 Å². The van der Waals surface area contributed by atoms with Crippen molar-refractivity contribution in [2.75, 3.05) is 26.2 Å². The predicted octanol–water partition coefficient (Wildman–Crippen LogP) is 2.84. The number of benzene rings is 1. The van der Waals surface area contributed by atoms with Crippen molar-refractivity contribution < 1.29 is 9.18 Å². The van der Waals surface area contributed by atoms with Gasteiger partial charge >= 0.3 is 0 Å². The molecule has 2 heterocycles. The van der Waals surface area contributed by atoms with Crippen molar-refractivity contribution in [2.45, 2.75) is 6.54 Å². The van der Waals surface area contributed by atoms with E-state index in [1.54, 1.807) is 35.4 Å². The lowest BCUT2D eigenvalue weighted by Crippen LogP contribution is -2.48. The molecule has 0 saturated carbocycles. The Labute approximate surface area is 139 Å². The summed E-state index contributed by atoms with van der Waals surface area (Å²) in [4.78, 5) is 19.3. The van der Waals surface area contributed by atoms with Crippen LogP contribution >= 0.6 is 12.2 Å². The van der Waals surface area contributed by atoms with Crippen LogP contribution in [0.2, 0.25) is 0 Å². The van der Waals surface area contributed by atoms with Crippen molar-refractivity contribution in [1.82, 2.24) is 14.8 Å². The second-order valence-corrected chi connectivity index (χ2v) is 5.98. The van der Waals surface area contributed by atoms with Crippen molar-refractivity contribution in [1.29, 1.82) is 0 Å². The van der Waals surface area contributed by atoms with Crippen molar-refractivity contribution in [3.05, 3.63) is 64.2 Å². The average molecular weight is 331 g/mol. The fourth-order valence-electron chi connectivity index (χ4n) is 2.74.